The van der Waals surface area contributed by atoms with E-state index < -0.39 is 16.6 Å². The van der Waals surface area contributed by atoms with Crippen molar-refractivity contribution in [1.29, 1.82) is 0 Å². The maximum absolute atomic E-state index is 12.0. The van der Waals surface area contributed by atoms with Crippen LogP contribution in [0.2, 0.25) is 39.3 Å². The zero-order valence-electron chi connectivity index (χ0n) is 10.7. The van der Waals surface area contributed by atoms with Crippen molar-refractivity contribution in [3.05, 3.63) is 0 Å². The first kappa shape index (κ1) is 12.9. The monoisotopic (exact) mass is 245 g/mol. The Labute approximate surface area is 94.8 Å². The van der Waals surface area contributed by atoms with E-state index in [9.17, 15) is 4.79 Å². The summed E-state index contributed by atoms with van der Waals surface area (Å²) in [5.74, 6) is -0.0101. The first-order valence-electron chi connectivity index (χ1n) is 5.57. The van der Waals surface area contributed by atoms with E-state index in [2.05, 4.69) is 44.3 Å². The van der Waals surface area contributed by atoms with E-state index in [1.165, 1.54) is 0 Å². The molecule has 3 nitrogen and oxygen atoms in total. The molecule has 1 fully saturated rings. The maximum atomic E-state index is 12.0. The van der Waals surface area contributed by atoms with Crippen molar-refractivity contribution < 1.29 is 9.22 Å². The van der Waals surface area contributed by atoms with Crippen LogP contribution >= 0.6 is 0 Å². The number of carbonyl (C=O) groups excluding carboxylic acids is 1. The van der Waals surface area contributed by atoms with Gasteiger partial charge in [-0.1, -0.05) is 19.6 Å². The molecule has 5 heteroatoms. The number of hydrogen-bond acceptors (Lipinski definition) is 3. The maximum Gasteiger partial charge on any atom is 0.312 e. The second kappa shape index (κ2) is 3.71. The lowest BCUT2D eigenvalue weighted by atomic mass is 10.3. The molecule has 1 N–H and O–H groups in total. The zero-order chi connectivity index (χ0) is 11.9. The van der Waals surface area contributed by atoms with Crippen LogP contribution in [0, 0.1) is 0 Å². The molecular formula is C10H23NO2Si2. The van der Waals surface area contributed by atoms with Crippen LogP contribution in [0.3, 0.4) is 0 Å². The van der Waals surface area contributed by atoms with E-state index in [4.69, 9.17) is 4.43 Å². The van der Waals surface area contributed by atoms with E-state index in [0.717, 1.165) is 12.8 Å². The van der Waals surface area contributed by atoms with Crippen LogP contribution in [-0.2, 0) is 9.22 Å². The summed E-state index contributed by atoms with van der Waals surface area (Å²) >= 11 is 0. The Balaban J connectivity index is 2.60. The Morgan fingerprint density at radius 3 is 1.87 bits per heavy atom. The largest absolute Gasteiger partial charge is 0.519 e. The topological polar surface area (TPSA) is 38.3 Å². The number of rotatable bonds is 4. The molecule has 0 aromatic heterocycles. The summed E-state index contributed by atoms with van der Waals surface area (Å²) in [4.78, 5) is 15.5. The van der Waals surface area contributed by atoms with Gasteiger partial charge in [-0.2, -0.15) is 0 Å². The molecule has 88 valence electrons. The van der Waals surface area contributed by atoms with Gasteiger partial charge in [-0.25, -0.2) is 0 Å². The van der Waals surface area contributed by atoms with Gasteiger partial charge in [0.2, 0.25) is 8.32 Å². The molecule has 1 rings (SSSR count). The minimum atomic E-state index is -1.74. The smallest absolute Gasteiger partial charge is 0.312 e. The summed E-state index contributed by atoms with van der Waals surface area (Å²) in [7, 11) is -3.14. The zero-order valence-corrected chi connectivity index (χ0v) is 12.7. The second-order valence-corrected chi connectivity index (χ2v) is 15.6. The number of hydrogen-bond donors (Lipinski definition) is 1. The third kappa shape index (κ3) is 4.08. The predicted octanol–water partition coefficient (Wildman–Crippen LogP) is 2.32. The van der Waals surface area contributed by atoms with Crippen molar-refractivity contribution in [3.63, 3.8) is 0 Å². The lowest BCUT2D eigenvalue weighted by Crippen LogP contribution is -2.55. The lowest BCUT2D eigenvalue weighted by molar-refractivity contribution is -0.138. The third-order valence-electron chi connectivity index (χ3n) is 2.15. The molecule has 1 saturated carbocycles. The highest BCUT2D eigenvalue weighted by Crippen LogP contribution is 2.38. The summed E-state index contributed by atoms with van der Waals surface area (Å²) in [6.07, 6.45) is 1.89. The van der Waals surface area contributed by atoms with Crippen molar-refractivity contribution in [1.82, 2.24) is 4.98 Å². The van der Waals surface area contributed by atoms with E-state index in [-0.39, 0.29) is 11.5 Å². The summed E-state index contributed by atoms with van der Waals surface area (Å²) in [5.41, 5.74) is -0.315. The lowest BCUT2D eigenvalue weighted by Gasteiger charge is -2.28. The van der Waals surface area contributed by atoms with Gasteiger partial charge in [0.1, 0.15) is 13.8 Å². The summed E-state index contributed by atoms with van der Waals surface area (Å²) < 4.78 is 5.57. The first-order valence-corrected chi connectivity index (χ1v) is 12.5. The quantitative estimate of drug-likeness (QED) is 0.773. The van der Waals surface area contributed by atoms with Crippen molar-refractivity contribution in [2.75, 3.05) is 0 Å². The van der Waals surface area contributed by atoms with Gasteiger partial charge in [0.25, 0.3) is 0 Å². The van der Waals surface area contributed by atoms with Crippen molar-refractivity contribution in [3.8, 4) is 0 Å². The molecule has 0 atom stereocenters. The molecule has 0 aromatic carbocycles. The molecule has 0 aliphatic heterocycles. The average Bonchev–Trinajstić information content (AvgIpc) is 2.61. The first-order chi connectivity index (χ1) is 6.54. The Morgan fingerprint density at radius 1 is 1.13 bits per heavy atom. The fourth-order valence-electron chi connectivity index (χ4n) is 1.60. The fourth-order valence-corrected chi connectivity index (χ4v) is 4.14. The molecule has 0 aromatic rings. The second-order valence-electron chi connectivity index (χ2n) is 6.46. The molecule has 1 aliphatic carbocycles. The van der Waals surface area contributed by atoms with Gasteiger partial charge < -0.3 is 9.41 Å². The Bertz CT molecular complexity index is 262. The van der Waals surface area contributed by atoms with Crippen LogP contribution in [0.4, 0.5) is 0 Å². The van der Waals surface area contributed by atoms with Gasteiger partial charge >= 0.3 is 5.97 Å². The van der Waals surface area contributed by atoms with Crippen LogP contribution in [0.15, 0.2) is 0 Å². The van der Waals surface area contributed by atoms with Crippen LogP contribution < -0.4 is 4.98 Å². The van der Waals surface area contributed by atoms with Crippen LogP contribution in [0.1, 0.15) is 12.8 Å². The molecule has 0 amide bonds. The Hall–Kier alpha value is -0.136. The molecule has 0 unspecified atom stereocenters. The predicted molar refractivity (Wildman–Crippen MR) is 67.9 cm³/mol. The van der Waals surface area contributed by atoms with Crippen LogP contribution in [0.5, 0.6) is 0 Å². The van der Waals surface area contributed by atoms with E-state index in [0.29, 0.717) is 0 Å². The highest BCUT2D eigenvalue weighted by molar-refractivity contribution is 6.74. The third-order valence-corrected chi connectivity index (χ3v) is 4.18. The molecule has 0 saturated heterocycles. The molecule has 0 radical (unpaired) electrons. The van der Waals surface area contributed by atoms with Crippen molar-refractivity contribution in [2.24, 2.45) is 0 Å². The van der Waals surface area contributed by atoms with Gasteiger partial charge in [-0.15, -0.1) is 0 Å². The van der Waals surface area contributed by atoms with Crippen LogP contribution in [0.25, 0.3) is 0 Å². The molecule has 0 heterocycles. The highest BCUT2D eigenvalue weighted by atomic mass is 28.4. The molecule has 15 heavy (non-hydrogen) atoms. The fraction of sp³-hybridized carbons (Fsp3) is 0.900. The van der Waals surface area contributed by atoms with E-state index in [1.807, 2.05) is 0 Å². The summed E-state index contributed by atoms with van der Waals surface area (Å²) in [6.45, 7) is 12.8. The normalized spacial score (nSPS) is 19.9. The highest BCUT2D eigenvalue weighted by Gasteiger charge is 2.53. The SMILES string of the molecule is C[Si](C)(C)NC1(C(=O)O[Si](C)(C)C)CC1. The van der Waals surface area contributed by atoms with Gasteiger partial charge in [0.05, 0.1) is 0 Å². The number of nitrogens with one attached hydrogen (secondary N) is 1. The van der Waals surface area contributed by atoms with E-state index in [1.54, 1.807) is 0 Å². The Kier molecular flexibility index (Phi) is 3.20. The standard InChI is InChI=1S/C10H23NO2Si2/c1-14(2,3)11-10(7-8-10)9(12)13-15(4,5)6/h11H,7-8H2,1-6H3. The van der Waals surface area contributed by atoms with Gasteiger partial charge in [-0.05, 0) is 32.5 Å². The van der Waals surface area contributed by atoms with Gasteiger partial charge in [0, 0.05) is 0 Å². The molecule has 0 bridgehead atoms. The van der Waals surface area contributed by atoms with Gasteiger partial charge in [-0.3, -0.25) is 4.79 Å². The summed E-state index contributed by atoms with van der Waals surface area (Å²) in [5, 5.41) is 0. The Morgan fingerprint density at radius 2 is 1.60 bits per heavy atom. The van der Waals surface area contributed by atoms with Crippen LogP contribution in [-0.4, -0.2) is 28.1 Å². The van der Waals surface area contributed by atoms with Gasteiger partial charge in [0.15, 0.2) is 0 Å². The molecule has 0 spiro atoms. The molecule has 1 aliphatic rings. The number of carbonyl (C=O) groups is 1. The van der Waals surface area contributed by atoms with Crippen molar-refractivity contribution >= 4 is 22.5 Å². The van der Waals surface area contributed by atoms with Crippen molar-refractivity contribution in [2.45, 2.75) is 57.7 Å². The van der Waals surface area contributed by atoms with E-state index >= 15 is 0 Å². The summed E-state index contributed by atoms with van der Waals surface area (Å²) in [6, 6.07) is 0. The minimum Gasteiger partial charge on any atom is -0.519 e. The average molecular weight is 245 g/mol. The molecular weight excluding hydrogens is 222 g/mol. The minimum absolute atomic E-state index is 0.0101.